The summed E-state index contributed by atoms with van der Waals surface area (Å²) in [4.78, 5) is 0. The number of methoxy groups -OCH3 is 1. The fraction of sp³-hybridized carbons (Fsp3) is 0.389. The average molecular weight is 324 g/mol. The molecule has 0 atom stereocenters. The molecule has 24 heavy (non-hydrogen) atoms. The van der Waals surface area contributed by atoms with Crippen LogP contribution in [0.15, 0.2) is 18.2 Å². The molecule has 0 unspecified atom stereocenters. The molecule has 0 fully saturated rings. The maximum atomic E-state index is 9.11. The lowest BCUT2D eigenvalue weighted by atomic mass is 10.1. The monoisotopic (exact) mass is 324 g/mol. The Balaban J connectivity index is 2.44. The quantitative estimate of drug-likeness (QED) is 0.781. The molecule has 0 radical (unpaired) electrons. The van der Waals surface area contributed by atoms with Crippen molar-refractivity contribution >= 4 is 0 Å². The van der Waals surface area contributed by atoms with Crippen LogP contribution >= 0.6 is 0 Å². The van der Waals surface area contributed by atoms with Gasteiger partial charge in [-0.3, -0.25) is 4.68 Å². The van der Waals surface area contributed by atoms with Crippen LogP contribution in [-0.4, -0.2) is 23.5 Å². The Morgan fingerprint density at radius 2 is 1.75 bits per heavy atom. The van der Waals surface area contributed by atoms with Crippen molar-refractivity contribution in [3.8, 4) is 23.6 Å². The number of ether oxygens (including phenoxy) is 2. The molecule has 1 aromatic carbocycles. The first-order chi connectivity index (χ1) is 11.7. The van der Waals surface area contributed by atoms with Gasteiger partial charge < -0.3 is 9.47 Å². The minimum absolute atomic E-state index is 0.395. The maximum Gasteiger partial charge on any atom is 0.171 e. The molecular weight excluding hydrogens is 304 g/mol. The predicted molar refractivity (Wildman–Crippen MR) is 88.8 cm³/mol. The zero-order chi connectivity index (χ0) is 17.5. The van der Waals surface area contributed by atoms with E-state index in [0.29, 0.717) is 35.8 Å². The molecule has 0 spiro atoms. The smallest absolute Gasteiger partial charge is 0.171 e. The summed E-state index contributed by atoms with van der Waals surface area (Å²) >= 11 is 0. The Labute approximate surface area is 141 Å². The highest BCUT2D eigenvalue weighted by Crippen LogP contribution is 2.31. The van der Waals surface area contributed by atoms with E-state index in [1.165, 1.54) is 6.07 Å². The van der Waals surface area contributed by atoms with Gasteiger partial charge in [-0.25, -0.2) is 0 Å². The zero-order valence-electron chi connectivity index (χ0n) is 14.2. The van der Waals surface area contributed by atoms with Gasteiger partial charge in [0.05, 0.1) is 42.1 Å². The van der Waals surface area contributed by atoms with E-state index >= 15 is 0 Å². The van der Waals surface area contributed by atoms with Gasteiger partial charge in [-0.15, -0.1) is 0 Å². The summed E-state index contributed by atoms with van der Waals surface area (Å²) < 4.78 is 13.1. The second-order valence-corrected chi connectivity index (χ2v) is 5.22. The molecule has 0 bridgehead atoms. The maximum absolute atomic E-state index is 9.11. The molecule has 0 saturated carbocycles. The molecule has 0 amide bonds. The predicted octanol–water partition coefficient (Wildman–Crippen LogP) is 3.19. The van der Waals surface area contributed by atoms with E-state index in [1.807, 2.05) is 30.7 Å². The van der Waals surface area contributed by atoms with E-state index in [1.54, 1.807) is 19.2 Å². The van der Waals surface area contributed by atoms with Gasteiger partial charge in [-0.1, -0.05) is 13.8 Å². The lowest BCUT2D eigenvalue weighted by Gasteiger charge is -2.10. The number of rotatable bonds is 7. The Morgan fingerprint density at radius 3 is 2.25 bits per heavy atom. The molecular formula is C18H20N4O2. The van der Waals surface area contributed by atoms with Gasteiger partial charge in [0, 0.05) is 7.11 Å². The Morgan fingerprint density at radius 1 is 1.08 bits per heavy atom. The first kappa shape index (κ1) is 17.5. The number of hydrogen-bond acceptors (Lipinski definition) is 5. The summed E-state index contributed by atoms with van der Waals surface area (Å²) in [6.45, 7) is 5.28. The number of aryl methyl sites for hydroxylation is 1. The van der Waals surface area contributed by atoms with Gasteiger partial charge in [0.15, 0.2) is 5.75 Å². The lowest BCUT2D eigenvalue weighted by Crippen LogP contribution is -2.09. The Hall–Kier alpha value is -2.83. The van der Waals surface area contributed by atoms with Crippen LogP contribution in [0.1, 0.15) is 36.4 Å². The van der Waals surface area contributed by atoms with Crippen LogP contribution < -0.4 is 4.74 Å². The summed E-state index contributed by atoms with van der Waals surface area (Å²) in [6, 6.07) is 8.90. The highest BCUT2D eigenvalue weighted by molar-refractivity contribution is 5.48. The van der Waals surface area contributed by atoms with E-state index in [9.17, 15) is 0 Å². The summed E-state index contributed by atoms with van der Waals surface area (Å²) in [5.41, 5.74) is 2.62. The third-order valence-corrected chi connectivity index (χ3v) is 3.64. The minimum Gasteiger partial charge on any atom is -0.453 e. The largest absolute Gasteiger partial charge is 0.453 e. The summed E-state index contributed by atoms with van der Waals surface area (Å²) in [6.07, 6.45) is 1.49. The van der Waals surface area contributed by atoms with E-state index in [2.05, 4.69) is 5.10 Å². The van der Waals surface area contributed by atoms with E-state index in [4.69, 9.17) is 20.0 Å². The van der Waals surface area contributed by atoms with Crippen molar-refractivity contribution in [1.82, 2.24) is 9.78 Å². The highest BCUT2D eigenvalue weighted by Gasteiger charge is 2.18. The second-order valence-electron chi connectivity index (χ2n) is 5.22. The number of nitrogens with zero attached hydrogens (tertiary/aromatic N) is 4. The molecule has 0 N–H and O–H groups in total. The third kappa shape index (κ3) is 3.73. The standard InChI is InChI=1S/C18H20N4O2/c1-4-16-18(17(5-2)22(21-16)6-7-23-3)24-15-9-13(11-19)8-14(10-15)12-20/h8-10H,4-7H2,1-3H3. The number of hydrogen-bond donors (Lipinski definition) is 0. The van der Waals surface area contributed by atoms with Gasteiger partial charge in [0.1, 0.15) is 11.4 Å². The number of benzene rings is 1. The van der Waals surface area contributed by atoms with Crippen molar-refractivity contribution < 1.29 is 9.47 Å². The van der Waals surface area contributed by atoms with Gasteiger partial charge >= 0.3 is 0 Å². The van der Waals surface area contributed by atoms with Crippen molar-refractivity contribution in [3.05, 3.63) is 40.7 Å². The molecule has 0 aliphatic heterocycles. The zero-order valence-corrected chi connectivity index (χ0v) is 14.2. The fourth-order valence-electron chi connectivity index (χ4n) is 2.50. The van der Waals surface area contributed by atoms with Crippen LogP contribution in [0.3, 0.4) is 0 Å². The summed E-state index contributed by atoms with van der Waals surface area (Å²) in [5.74, 6) is 1.18. The average Bonchev–Trinajstić information content (AvgIpc) is 2.95. The number of nitriles is 2. The molecule has 0 aliphatic carbocycles. The Kier molecular flexibility index (Phi) is 5.95. The van der Waals surface area contributed by atoms with Crippen LogP contribution in [0.2, 0.25) is 0 Å². The molecule has 124 valence electrons. The van der Waals surface area contributed by atoms with Gasteiger partial charge in [-0.05, 0) is 31.0 Å². The fourth-order valence-corrected chi connectivity index (χ4v) is 2.50. The van der Waals surface area contributed by atoms with Crippen LogP contribution in [0.25, 0.3) is 0 Å². The number of aromatic nitrogens is 2. The SMILES string of the molecule is CCc1nn(CCOC)c(CC)c1Oc1cc(C#N)cc(C#N)c1. The third-order valence-electron chi connectivity index (χ3n) is 3.64. The van der Waals surface area contributed by atoms with Crippen molar-refractivity contribution in [2.75, 3.05) is 13.7 Å². The van der Waals surface area contributed by atoms with Gasteiger partial charge in [-0.2, -0.15) is 15.6 Å². The van der Waals surface area contributed by atoms with Gasteiger partial charge in [0.2, 0.25) is 0 Å². The van der Waals surface area contributed by atoms with Crippen LogP contribution in [0.4, 0.5) is 0 Å². The molecule has 1 aromatic heterocycles. The van der Waals surface area contributed by atoms with Crippen molar-refractivity contribution in [2.24, 2.45) is 0 Å². The van der Waals surface area contributed by atoms with E-state index < -0.39 is 0 Å². The summed E-state index contributed by atoms with van der Waals surface area (Å²) in [5, 5.41) is 22.8. The minimum atomic E-state index is 0.395. The van der Waals surface area contributed by atoms with Crippen LogP contribution in [0, 0.1) is 22.7 Å². The molecule has 2 rings (SSSR count). The molecule has 6 heteroatoms. The van der Waals surface area contributed by atoms with Crippen molar-refractivity contribution in [1.29, 1.82) is 10.5 Å². The first-order valence-electron chi connectivity index (χ1n) is 7.87. The van der Waals surface area contributed by atoms with E-state index in [-0.39, 0.29) is 0 Å². The van der Waals surface area contributed by atoms with Crippen molar-refractivity contribution in [2.45, 2.75) is 33.2 Å². The van der Waals surface area contributed by atoms with Crippen molar-refractivity contribution in [3.63, 3.8) is 0 Å². The molecule has 1 heterocycles. The van der Waals surface area contributed by atoms with Gasteiger partial charge in [0.25, 0.3) is 0 Å². The lowest BCUT2D eigenvalue weighted by molar-refractivity contribution is 0.182. The molecule has 2 aromatic rings. The first-order valence-corrected chi connectivity index (χ1v) is 7.87. The molecule has 6 nitrogen and oxygen atoms in total. The van der Waals surface area contributed by atoms with Crippen LogP contribution in [-0.2, 0) is 24.1 Å². The topological polar surface area (TPSA) is 83.9 Å². The second kappa shape index (κ2) is 8.14. The molecule has 0 saturated heterocycles. The molecule has 0 aliphatic rings. The van der Waals surface area contributed by atoms with E-state index in [0.717, 1.165) is 24.2 Å². The van der Waals surface area contributed by atoms with Crippen LogP contribution in [0.5, 0.6) is 11.5 Å². The Bertz CT molecular complexity index is 764. The normalized spacial score (nSPS) is 10.2. The summed E-state index contributed by atoms with van der Waals surface area (Å²) in [7, 11) is 1.66. The highest BCUT2D eigenvalue weighted by atomic mass is 16.5.